The fraction of sp³-hybridized carbons (Fsp3) is 0.889. The fourth-order valence-corrected chi connectivity index (χ4v) is 8.38. The van der Waals surface area contributed by atoms with Crippen LogP contribution in [0.2, 0.25) is 0 Å². The highest BCUT2D eigenvalue weighted by Gasteiger charge is 2.66. The minimum Gasteiger partial charge on any atom is -0.390 e. The molecule has 5 heteroatoms. The van der Waals surface area contributed by atoms with Gasteiger partial charge in [-0.2, -0.15) is 0 Å². The number of aliphatic hydroxyl groups is 4. The van der Waals surface area contributed by atoms with Gasteiger partial charge in [-0.25, -0.2) is 0 Å². The summed E-state index contributed by atoms with van der Waals surface area (Å²) in [6, 6.07) is 0. The third kappa shape index (κ3) is 3.62. The molecule has 0 amide bonds. The van der Waals surface area contributed by atoms with Crippen molar-refractivity contribution in [2.24, 2.45) is 34.5 Å². The summed E-state index contributed by atoms with van der Waals surface area (Å²) in [7, 11) is 0. The predicted octanol–water partition coefficient (Wildman–Crippen LogP) is 3.77. The summed E-state index contributed by atoms with van der Waals surface area (Å²) in [4.78, 5) is 13.2. The monoisotopic (exact) mass is 448 g/mol. The molecular formula is C27H44O5. The highest BCUT2D eigenvalue weighted by molar-refractivity contribution is 5.95. The molecule has 0 bridgehead atoms. The van der Waals surface area contributed by atoms with Crippen LogP contribution in [-0.2, 0) is 4.79 Å². The van der Waals surface area contributed by atoms with Gasteiger partial charge in [-0.05, 0) is 93.6 Å². The first-order valence-electron chi connectivity index (χ1n) is 12.8. The van der Waals surface area contributed by atoms with E-state index in [0.29, 0.717) is 31.1 Å². The number of fused-ring (bicyclic) bond motifs is 5. The van der Waals surface area contributed by atoms with Crippen LogP contribution in [0.3, 0.4) is 0 Å². The molecule has 4 N–H and O–H groups in total. The zero-order chi connectivity index (χ0) is 23.7. The van der Waals surface area contributed by atoms with Gasteiger partial charge < -0.3 is 20.4 Å². The summed E-state index contributed by atoms with van der Waals surface area (Å²) in [6.45, 7) is 10.3. The van der Waals surface area contributed by atoms with Crippen molar-refractivity contribution >= 4 is 5.78 Å². The van der Waals surface area contributed by atoms with Crippen molar-refractivity contribution in [2.75, 3.05) is 0 Å². The Morgan fingerprint density at radius 1 is 1.12 bits per heavy atom. The maximum absolute atomic E-state index is 13.2. The summed E-state index contributed by atoms with van der Waals surface area (Å²) in [5, 5.41) is 42.9. The van der Waals surface area contributed by atoms with Crippen LogP contribution in [0.15, 0.2) is 11.6 Å². The molecule has 32 heavy (non-hydrogen) atoms. The van der Waals surface area contributed by atoms with E-state index < -0.39 is 28.8 Å². The molecule has 4 aliphatic carbocycles. The van der Waals surface area contributed by atoms with Crippen molar-refractivity contribution < 1.29 is 25.2 Å². The molecular weight excluding hydrogens is 404 g/mol. The van der Waals surface area contributed by atoms with Crippen LogP contribution < -0.4 is 0 Å². The number of hydrogen-bond donors (Lipinski definition) is 4. The molecule has 3 fully saturated rings. The first-order chi connectivity index (χ1) is 14.7. The van der Waals surface area contributed by atoms with Gasteiger partial charge in [0.05, 0.1) is 23.4 Å². The Morgan fingerprint density at radius 3 is 2.47 bits per heavy atom. The first kappa shape index (κ1) is 24.4. The number of carbonyl (C=O) groups excluding carboxylic acids is 1. The largest absolute Gasteiger partial charge is 0.390 e. The molecule has 0 aromatic rings. The second-order valence-electron chi connectivity index (χ2n) is 12.8. The number of allylic oxidation sites excluding steroid dienone is 1. The maximum Gasteiger partial charge on any atom is 0.159 e. The standard InChI is InChI=1S/C27H44O5/c1-16(7-6-10-24(2,3)31)17-9-12-27(32)19-13-21(28)20-14-22(29)23(30)15-25(20,4)18(19)8-11-26(17,27)5/h13,16-18,20,22-23,29-32H,6-12,14-15H2,1-5H3/t16-,17?,18?,20+,22-,23+,25-,26-,27-/m1/s1. The Hall–Kier alpha value is -0.750. The van der Waals surface area contributed by atoms with Gasteiger partial charge in [0.2, 0.25) is 0 Å². The number of carbonyl (C=O) groups is 1. The molecule has 3 saturated carbocycles. The highest BCUT2D eigenvalue weighted by Crippen LogP contribution is 2.68. The van der Waals surface area contributed by atoms with E-state index in [1.807, 2.05) is 13.8 Å². The zero-order valence-electron chi connectivity index (χ0n) is 20.6. The van der Waals surface area contributed by atoms with E-state index in [9.17, 15) is 25.2 Å². The molecule has 2 unspecified atom stereocenters. The Morgan fingerprint density at radius 2 is 1.81 bits per heavy atom. The van der Waals surface area contributed by atoms with E-state index in [0.717, 1.165) is 44.1 Å². The van der Waals surface area contributed by atoms with Gasteiger partial charge in [-0.15, -0.1) is 0 Å². The Balaban J connectivity index is 1.60. The lowest BCUT2D eigenvalue weighted by atomic mass is 9.46. The van der Waals surface area contributed by atoms with Crippen molar-refractivity contribution in [3.8, 4) is 0 Å². The second kappa shape index (κ2) is 7.90. The van der Waals surface area contributed by atoms with Crippen LogP contribution in [0, 0.1) is 34.5 Å². The molecule has 0 saturated heterocycles. The Kier molecular flexibility index (Phi) is 6.02. The van der Waals surface area contributed by atoms with Crippen molar-refractivity contribution in [3.05, 3.63) is 11.6 Å². The van der Waals surface area contributed by atoms with E-state index in [1.165, 1.54) is 0 Å². The van der Waals surface area contributed by atoms with Crippen molar-refractivity contribution in [1.82, 2.24) is 0 Å². The van der Waals surface area contributed by atoms with Crippen LogP contribution >= 0.6 is 0 Å². The highest BCUT2D eigenvalue weighted by atomic mass is 16.3. The molecule has 9 atom stereocenters. The average Bonchev–Trinajstić information content (AvgIpc) is 2.95. The van der Waals surface area contributed by atoms with Gasteiger partial charge in [0.1, 0.15) is 0 Å². The number of rotatable bonds is 5. The van der Waals surface area contributed by atoms with Gasteiger partial charge in [-0.1, -0.05) is 33.6 Å². The molecule has 182 valence electrons. The quantitative estimate of drug-likeness (QED) is 0.513. The van der Waals surface area contributed by atoms with Gasteiger partial charge >= 0.3 is 0 Å². The minimum absolute atomic E-state index is 0.0176. The van der Waals surface area contributed by atoms with Crippen molar-refractivity contribution in [2.45, 2.75) is 116 Å². The van der Waals surface area contributed by atoms with Crippen molar-refractivity contribution in [3.63, 3.8) is 0 Å². The Bertz CT molecular complexity index is 783. The zero-order valence-corrected chi connectivity index (χ0v) is 20.6. The molecule has 0 spiro atoms. The van der Waals surface area contributed by atoms with E-state index in [-0.39, 0.29) is 23.0 Å². The summed E-state index contributed by atoms with van der Waals surface area (Å²) in [5.41, 5.74) is -1.39. The lowest BCUT2D eigenvalue weighted by Crippen LogP contribution is -2.60. The van der Waals surface area contributed by atoms with Crippen LogP contribution in [0.1, 0.15) is 92.4 Å². The fourth-order valence-electron chi connectivity index (χ4n) is 8.38. The molecule has 4 aliphatic rings. The van der Waals surface area contributed by atoms with Gasteiger partial charge in [-0.3, -0.25) is 4.79 Å². The SMILES string of the molecule is C[C@H](CCCC(C)(C)O)C1CC[C@@]2(O)C3=CC(=O)[C@@H]4C[C@@H](O)[C@@H](O)C[C@]4(C)C3CC[C@]12C. The van der Waals surface area contributed by atoms with Gasteiger partial charge in [0.15, 0.2) is 5.78 Å². The van der Waals surface area contributed by atoms with Crippen LogP contribution in [0.25, 0.3) is 0 Å². The topological polar surface area (TPSA) is 98.0 Å². The summed E-state index contributed by atoms with van der Waals surface area (Å²) >= 11 is 0. The van der Waals surface area contributed by atoms with E-state index >= 15 is 0 Å². The van der Waals surface area contributed by atoms with Crippen molar-refractivity contribution in [1.29, 1.82) is 0 Å². The summed E-state index contributed by atoms with van der Waals surface area (Å²) < 4.78 is 0. The molecule has 4 rings (SSSR count). The van der Waals surface area contributed by atoms with Gasteiger partial charge in [0.25, 0.3) is 0 Å². The normalized spacial score (nSPS) is 47.3. The third-order valence-electron chi connectivity index (χ3n) is 10.3. The lowest BCUT2D eigenvalue weighted by molar-refractivity contribution is -0.153. The number of ketones is 1. The summed E-state index contributed by atoms with van der Waals surface area (Å²) in [5.74, 6) is 0.651. The predicted molar refractivity (Wildman–Crippen MR) is 124 cm³/mol. The van der Waals surface area contributed by atoms with Crippen LogP contribution in [0.5, 0.6) is 0 Å². The van der Waals surface area contributed by atoms with E-state index in [4.69, 9.17) is 0 Å². The number of aliphatic hydroxyl groups excluding tert-OH is 2. The van der Waals surface area contributed by atoms with E-state index in [2.05, 4.69) is 20.8 Å². The first-order valence-corrected chi connectivity index (χ1v) is 12.8. The smallest absolute Gasteiger partial charge is 0.159 e. The molecule has 0 radical (unpaired) electrons. The van der Waals surface area contributed by atoms with Crippen LogP contribution in [-0.4, -0.2) is 49.6 Å². The Labute approximate surface area is 193 Å². The third-order valence-corrected chi connectivity index (χ3v) is 10.3. The molecule has 0 aromatic carbocycles. The second-order valence-corrected chi connectivity index (χ2v) is 12.8. The molecule has 0 heterocycles. The van der Waals surface area contributed by atoms with Gasteiger partial charge in [0, 0.05) is 11.3 Å². The minimum atomic E-state index is -0.976. The number of hydrogen-bond acceptors (Lipinski definition) is 5. The molecule has 5 nitrogen and oxygen atoms in total. The lowest BCUT2D eigenvalue weighted by Gasteiger charge is -2.60. The molecule has 0 aromatic heterocycles. The molecule has 0 aliphatic heterocycles. The average molecular weight is 449 g/mol. The van der Waals surface area contributed by atoms with Crippen LogP contribution in [0.4, 0.5) is 0 Å². The van der Waals surface area contributed by atoms with E-state index in [1.54, 1.807) is 6.08 Å². The summed E-state index contributed by atoms with van der Waals surface area (Å²) in [6.07, 6.45) is 7.07. The maximum atomic E-state index is 13.2.